The molecule has 2 nitrogen and oxygen atoms in total. The number of phenolic OH excluding ortho intramolecular Hbond substituents is 2. The van der Waals surface area contributed by atoms with Crippen LogP contribution in [0.2, 0.25) is 0 Å². The van der Waals surface area contributed by atoms with Crippen LogP contribution in [0.1, 0.15) is 80.5 Å². The number of hydrogen-bond donors (Lipinski definition) is 2. The molecule has 0 heterocycles. The fraction of sp³-hybridized carbons (Fsp3) is 0.500. The van der Waals surface area contributed by atoms with Gasteiger partial charge in [-0.25, -0.2) is 0 Å². The maximum atomic E-state index is 10.9. The molecule has 2 aromatic carbocycles. The molecule has 0 saturated heterocycles. The standard InChI is InChI=1S/C24H34O2/c1-14-15(2)18(13-21(25)16(14)3)10-17-11-19(23(4,5)6)22(26)20(12-17)24(7,8)9/h11-13,25-26H,10H2,1-9H3. The molecular formula is C24H34O2. The van der Waals surface area contributed by atoms with Crippen LogP contribution in [0.5, 0.6) is 11.5 Å². The van der Waals surface area contributed by atoms with Crippen molar-refractivity contribution in [2.75, 3.05) is 0 Å². The molecule has 0 aliphatic carbocycles. The zero-order valence-corrected chi connectivity index (χ0v) is 17.8. The second kappa shape index (κ2) is 6.64. The Morgan fingerprint density at radius 1 is 0.692 bits per heavy atom. The molecule has 0 aromatic heterocycles. The summed E-state index contributed by atoms with van der Waals surface area (Å²) in [6.07, 6.45) is 0.743. The van der Waals surface area contributed by atoms with Crippen molar-refractivity contribution in [3.63, 3.8) is 0 Å². The van der Waals surface area contributed by atoms with Gasteiger partial charge in [0.15, 0.2) is 0 Å². The summed E-state index contributed by atoms with van der Waals surface area (Å²) in [5.74, 6) is 0.766. The van der Waals surface area contributed by atoms with Gasteiger partial charge in [0.2, 0.25) is 0 Å². The average Bonchev–Trinajstić information content (AvgIpc) is 2.49. The minimum atomic E-state index is -0.138. The van der Waals surface area contributed by atoms with Crippen molar-refractivity contribution in [3.05, 3.63) is 57.1 Å². The highest BCUT2D eigenvalue weighted by Gasteiger charge is 2.26. The summed E-state index contributed by atoms with van der Waals surface area (Å²) in [6.45, 7) is 18.9. The summed E-state index contributed by atoms with van der Waals surface area (Å²) < 4.78 is 0. The van der Waals surface area contributed by atoms with Crippen LogP contribution in [0.3, 0.4) is 0 Å². The largest absolute Gasteiger partial charge is 0.508 e. The quantitative estimate of drug-likeness (QED) is 0.673. The minimum Gasteiger partial charge on any atom is -0.508 e. The molecule has 26 heavy (non-hydrogen) atoms. The molecule has 0 amide bonds. The van der Waals surface area contributed by atoms with Crippen LogP contribution in [0.25, 0.3) is 0 Å². The Balaban J connectivity index is 2.65. The predicted molar refractivity (Wildman–Crippen MR) is 111 cm³/mol. The van der Waals surface area contributed by atoms with Crippen molar-refractivity contribution in [2.45, 2.75) is 79.6 Å². The smallest absolute Gasteiger partial charge is 0.123 e. The van der Waals surface area contributed by atoms with Gasteiger partial charge in [0.1, 0.15) is 11.5 Å². The lowest BCUT2D eigenvalue weighted by atomic mass is 9.77. The molecular weight excluding hydrogens is 320 g/mol. The molecule has 0 aliphatic rings. The van der Waals surface area contributed by atoms with Gasteiger partial charge in [0, 0.05) is 0 Å². The third-order valence-corrected chi connectivity index (χ3v) is 5.48. The van der Waals surface area contributed by atoms with Crippen LogP contribution in [0, 0.1) is 20.8 Å². The van der Waals surface area contributed by atoms with Crippen LogP contribution in [0.15, 0.2) is 18.2 Å². The molecule has 2 N–H and O–H groups in total. The third-order valence-electron chi connectivity index (χ3n) is 5.48. The van der Waals surface area contributed by atoms with E-state index in [-0.39, 0.29) is 10.8 Å². The van der Waals surface area contributed by atoms with E-state index in [0.29, 0.717) is 11.5 Å². The van der Waals surface area contributed by atoms with Gasteiger partial charge in [-0.1, -0.05) is 53.7 Å². The van der Waals surface area contributed by atoms with Gasteiger partial charge in [0.25, 0.3) is 0 Å². The summed E-state index contributed by atoms with van der Waals surface area (Å²) in [7, 11) is 0. The predicted octanol–water partition coefficient (Wildman–Crippen LogP) is 6.21. The monoisotopic (exact) mass is 354 g/mol. The lowest BCUT2D eigenvalue weighted by molar-refractivity contribution is 0.422. The number of rotatable bonds is 2. The van der Waals surface area contributed by atoms with Gasteiger partial charge in [-0.05, 0) is 83.0 Å². The number of hydrogen-bond acceptors (Lipinski definition) is 2. The van der Waals surface area contributed by atoms with E-state index in [4.69, 9.17) is 0 Å². The average molecular weight is 355 g/mol. The first-order valence-corrected chi connectivity index (χ1v) is 9.39. The Labute approximate surface area is 158 Å². The molecule has 0 saturated carbocycles. The van der Waals surface area contributed by atoms with E-state index in [2.05, 4.69) is 67.5 Å². The fourth-order valence-electron chi connectivity index (χ4n) is 3.44. The van der Waals surface area contributed by atoms with E-state index < -0.39 is 0 Å². The van der Waals surface area contributed by atoms with Crippen molar-refractivity contribution in [2.24, 2.45) is 0 Å². The summed E-state index contributed by atoms with van der Waals surface area (Å²) >= 11 is 0. The topological polar surface area (TPSA) is 40.5 Å². The molecule has 0 unspecified atom stereocenters. The van der Waals surface area contributed by atoms with Gasteiger partial charge < -0.3 is 10.2 Å². The highest BCUT2D eigenvalue weighted by atomic mass is 16.3. The van der Waals surface area contributed by atoms with Crippen molar-refractivity contribution < 1.29 is 10.2 Å². The van der Waals surface area contributed by atoms with Gasteiger partial charge >= 0.3 is 0 Å². The summed E-state index contributed by atoms with van der Waals surface area (Å²) in [4.78, 5) is 0. The molecule has 2 heteroatoms. The number of phenols is 2. The van der Waals surface area contributed by atoms with Crippen LogP contribution in [-0.4, -0.2) is 10.2 Å². The summed E-state index contributed by atoms with van der Waals surface area (Å²) in [6, 6.07) is 6.13. The lowest BCUT2D eigenvalue weighted by Gasteiger charge is -2.28. The summed E-state index contributed by atoms with van der Waals surface area (Å²) in [5, 5.41) is 21.1. The maximum Gasteiger partial charge on any atom is 0.123 e. The Hall–Kier alpha value is -1.96. The molecule has 0 fully saturated rings. The van der Waals surface area contributed by atoms with E-state index >= 15 is 0 Å². The lowest BCUT2D eigenvalue weighted by Crippen LogP contribution is -2.18. The number of benzene rings is 2. The van der Waals surface area contributed by atoms with Crippen LogP contribution < -0.4 is 0 Å². The molecule has 0 aliphatic heterocycles. The highest BCUT2D eigenvalue weighted by molar-refractivity contribution is 5.53. The highest BCUT2D eigenvalue weighted by Crippen LogP contribution is 2.40. The van der Waals surface area contributed by atoms with E-state index in [0.717, 1.165) is 34.2 Å². The Bertz CT molecular complexity index is 796. The van der Waals surface area contributed by atoms with Gasteiger partial charge in [-0.3, -0.25) is 0 Å². The molecule has 142 valence electrons. The molecule has 0 atom stereocenters. The summed E-state index contributed by atoms with van der Waals surface area (Å²) in [5.41, 5.74) is 7.30. The van der Waals surface area contributed by atoms with Crippen LogP contribution in [-0.2, 0) is 17.3 Å². The molecule has 2 rings (SSSR count). The van der Waals surface area contributed by atoms with E-state index in [9.17, 15) is 10.2 Å². The molecule has 0 bridgehead atoms. The first kappa shape index (κ1) is 20.4. The third kappa shape index (κ3) is 3.90. The van der Waals surface area contributed by atoms with Crippen molar-refractivity contribution in [3.8, 4) is 11.5 Å². The Morgan fingerprint density at radius 3 is 1.58 bits per heavy atom. The van der Waals surface area contributed by atoms with E-state index in [1.54, 1.807) is 0 Å². The van der Waals surface area contributed by atoms with E-state index in [1.165, 1.54) is 11.1 Å². The second-order valence-corrected chi connectivity index (χ2v) is 9.65. The van der Waals surface area contributed by atoms with Crippen LogP contribution >= 0.6 is 0 Å². The van der Waals surface area contributed by atoms with Crippen molar-refractivity contribution in [1.82, 2.24) is 0 Å². The van der Waals surface area contributed by atoms with Crippen molar-refractivity contribution in [1.29, 1.82) is 0 Å². The SMILES string of the molecule is Cc1c(O)cc(Cc2cc(C(C)(C)C)c(O)c(C(C)(C)C)c2)c(C)c1C. The molecule has 0 spiro atoms. The Kier molecular flexibility index (Phi) is 5.20. The van der Waals surface area contributed by atoms with E-state index in [1.807, 2.05) is 13.0 Å². The zero-order valence-electron chi connectivity index (χ0n) is 17.8. The van der Waals surface area contributed by atoms with Crippen LogP contribution in [0.4, 0.5) is 0 Å². The van der Waals surface area contributed by atoms with Gasteiger partial charge in [0.05, 0.1) is 0 Å². The zero-order chi connectivity index (χ0) is 20.0. The van der Waals surface area contributed by atoms with Crippen molar-refractivity contribution >= 4 is 0 Å². The maximum absolute atomic E-state index is 10.9. The van der Waals surface area contributed by atoms with Gasteiger partial charge in [-0.15, -0.1) is 0 Å². The normalized spacial score (nSPS) is 12.5. The molecule has 2 aromatic rings. The number of aromatic hydroxyl groups is 2. The first-order valence-electron chi connectivity index (χ1n) is 9.39. The molecule has 0 radical (unpaired) electrons. The first-order chi connectivity index (χ1) is 11.7. The Morgan fingerprint density at radius 2 is 1.15 bits per heavy atom. The van der Waals surface area contributed by atoms with Gasteiger partial charge in [-0.2, -0.15) is 0 Å². The fourth-order valence-corrected chi connectivity index (χ4v) is 3.44. The second-order valence-electron chi connectivity index (χ2n) is 9.65. The minimum absolute atomic E-state index is 0.138.